The molecule has 0 aliphatic carbocycles. The van der Waals surface area contributed by atoms with Crippen LogP contribution in [0, 0.1) is 0 Å². The number of carbonyl (C=O) groups excluding carboxylic acids is 1. The van der Waals surface area contributed by atoms with Gasteiger partial charge in [-0.05, 0) is 58.7 Å². The molecule has 0 spiro atoms. The molecule has 1 aliphatic heterocycles. The highest BCUT2D eigenvalue weighted by Crippen LogP contribution is 2.40. The molecule has 3 atom stereocenters. The van der Waals surface area contributed by atoms with E-state index in [0.29, 0.717) is 0 Å². The molecule has 1 saturated heterocycles. The van der Waals surface area contributed by atoms with E-state index in [1.807, 2.05) is 31.7 Å². The van der Waals surface area contributed by atoms with Crippen molar-refractivity contribution in [3.8, 4) is 0 Å². The summed E-state index contributed by atoms with van der Waals surface area (Å²) >= 11 is 0. The lowest BCUT2D eigenvalue weighted by atomic mass is 9.94. The first-order valence-corrected chi connectivity index (χ1v) is 11.9. The molecule has 24 heavy (non-hydrogen) atoms. The minimum absolute atomic E-state index is 0.00844. The molecule has 0 N–H and O–H groups in total. The molecule has 5 heteroatoms. The molecule has 1 aliphatic rings. The average Bonchev–Trinajstić information content (AvgIpc) is 2.37. The number of amides is 1. The Hall–Kier alpha value is -0.813. The molecule has 0 aromatic carbocycles. The Bertz CT molecular complexity index is 462. The van der Waals surface area contributed by atoms with Gasteiger partial charge in [-0.15, -0.1) is 6.58 Å². The number of carbonyl (C=O) groups is 1. The van der Waals surface area contributed by atoms with Crippen molar-refractivity contribution in [3.05, 3.63) is 12.7 Å². The van der Waals surface area contributed by atoms with Crippen molar-refractivity contribution in [1.82, 2.24) is 4.90 Å². The topological polar surface area (TPSA) is 38.8 Å². The van der Waals surface area contributed by atoms with E-state index >= 15 is 0 Å². The van der Waals surface area contributed by atoms with Crippen molar-refractivity contribution in [2.24, 2.45) is 0 Å². The largest absolute Gasteiger partial charge is 0.444 e. The van der Waals surface area contributed by atoms with Crippen LogP contribution in [0.5, 0.6) is 0 Å². The van der Waals surface area contributed by atoms with Gasteiger partial charge in [-0.25, -0.2) is 4.79 Å². The highest BCUT2D eigenvalue weighted by atomic mass is 28.4. The Morgan fingerprint density at radius 3 is 2.12 bits per heavy atom. The highest BCUT2D eigenvalue weighted by molar-refractivity contribution is 6.74. The van der Waals surface area contributed by atoms with Crippen molar-refractivity contribution in [2.75, 3.05) is 0 Å². The summed E-state index contributed by atoms with van der Waals surface area (Å²) in [6, 6.07) is -0.0140. The summed E-state index contributed by atoms with van der Waals surface area (Å²) in [4.78, 5) is 14.5. The second kappa shape index (κ2) is 7.20. The zero-order chi connectivity index (χ0) is 18.9. The fourth-order valence-electron chi connectivity index (χ4n) is 2.76. The number of likely N-dealkylation sites (tertiary alicyclic amines) is 1. The van der Waals surface area contributed by atoms with E-state index in [4.69, 9.17) is 9.16 Å². The summed E-state index contributed by atoms with van der Waals surface area (Å²) < 4.78 is 12.2. The first kappa shape index (κ1) is 21.2. The fraction of sp³-hybridized carbons (Fsp3) is 0.842. The normalized spacial score (nSPS) is 26.2. The van der Waals surface area contributed by atoms with Crippen LogP contribution >= 0.6 is 0 Å². The molecule has 1 amide bonds. The Labute approximate surface area is 149 Å². The lowest BCUT2D eigenvalue weighted by Gasteiger charge is -2.48. The van der Waals surface area contributed by atoms with Crippen LogP contribution in [-0.2, 0) is 9.16 Å². The van der Waals surface area contributed by atoms with E-state index in [2.05, 4.69) is 47.4 Å². The lowest BCUT2D eigenvalue weighted by molar-refractivity contribution is -0.0265. The Balaban J connectivity index is 2.98. The monoisotopic (exact) mass is 355 g/mol. The minimum Gasteiger partial charge on any atom is -0.444 e. The van der Waals surface area contributed by atoms with Crippen molar-refractivity contribution >= 4 is 14.4 Å². The quantitative estimate of drug-likeness (QED) is 0.506. The second-order valence-corrected chi connectivity index (χ2v) is 14.2. The molecule has 0 radical (unpaired) electrons. The van der Waals surface area contributed by atoms with E-state index in [9.17, 15) is 4.79 Å². The van der Waals surface area contributed by atoms with E-state index in [1.54, 1.807) is 0 Å². The van der Waals surface area contributed by atoms with Crippen LogP contribution in [0.15, 0.2) is 12.7 Å². The summed E-state index contributed by atoms with van der Waals surface area (Å²) in [5.41, 5.74) is -0.504. The zero-order valence-corrected chi connectivity index (χ0v) is 18.1. The van der Waals surface area contributed by atoms with Crippen molar-refractivity contribution < 1.29 is 14.0 Å². The number of rotatable bonds is 3. The van der Waals surface area contributed by atoms with Crippen LogP contribution in [0.4, 0.5) is 4.79 Å². The van der Waals surface area contributed by atoms with Crippen LogP contribution in [0.25, 0.3) is 0 Å². The third kappa shape index (κ3) is 5.09. The molecule has 0 bridgehead atoms. The molecule has 0 saturated carbocycles. The van der Waals surface area contributed by atoms with Crippen molar-refractivity contribution in [3.63, 3.8) is 0 Å². The third-order valence-electron chi connectivity index (χ3n) is 5.21. The molecule has 1 rings (SSSR count). The van der Waals surface area contributed by atoms with E-state index < -0.39 is 13.9 Å². The van der Waals surface area contributed by atoms with Gasteiger partial charge >= 0.3 is 6.09 Å². The molecular formula is C19H37NO3Si. The number of hydrogen-bond acceptors (Lipinski definition) is 3. The summed E-state index contributed by atoms with van der Waals surface area (Å²) in [5, 5.41) is 0.152. The van der Waals surface area contributed by atoms with Crippen LogP contribution in [0.1, 0.15) is 61.3 Å². The maximum Gasteiger partial charge on any atom is 0.411 e. The summed E-state index contributed by atoms with van der Waals surface area (Å²) in [6.07, 6.45) is 3.44. The summed E-state index contributed by atoms with van der Waals surface area (Å²) in [7, 11) is -1.88. The summed E-state index contributed by atoms with van der Waals surface area (Å²) in [5.74, 6) is 0. The van der Waals surface area contributed by atoms with Crippen LogP contribution in [-0.4, -0.2) is 43.1 Å². The molecule has 0 unspecified atom stereocenters. The predicted molar refractivity (Wildman–Crippen MR) is 103 cm³/mol. The van der Waals surface area contributed by atoms with E-state index in [1.165, 1.54) is 0 Å². The van der Waals surface area contributed by atoms with Gasteiger partial charge < -0.3 is 9.16 Å². The van der Waals surface area contributed by atoms with Crippen molar-refractivity contribution in [1.29, 1.82) is 0 Å². The van der Waals surface area contributed by atoms with Gasteiger partial charge in [-0.1, -0.05) is 26.8 Å². The maximum atomic E-state index is 12.7. The van der Waals surface area contributed by atoms with Crippen molar-refractivity contribution in [2.45, 2.75) is 103 Å². The summed E-state index contributed by atoms with van der Waals surface area (Å²) in [6.45, 7) is 22.9. The zero-order valence-electron chi connectivity index (χ0n) is 17.1. The minimum atomic E-state index is -1.88. The third-order valence-corrected chi connectivity index (χ3v) is 9.71. The Morgan fingerprint density at radius 1 is 1.17 bits per heavy atom. The van der Waals surface area contributed by atoms with Gasteiger partial charge in [0.25, 0.3) is 0 Å². The second-order valence-electron chi connectivity index (χ2n) is 9.43. The van der Waals surface area contributed by atoms with E-state index in [-0.39, 0.29) is 29.3 Å². The van der Waals surface area contributed by atoms with Crippen LogP contribution < -0.4 is 0 Å². The highest BCUT2D eigenvalue weighted by Gasteiger charge is 2.44. The molecule has 1 heterocycles. The predicted octanol–water partition coefficient (Wildman–Crippen LogP) is 5.35. The first-order chi connectivity index (χ1) is 10.7. The molecular weight excluding hydrogens is 318 g/mol. The molecule has 0 aromatic heterocycles. The van der Waals surface area contributed by atoms with Gasteiger partial charge in [0, 0.05) is 0 Å². The Kier molecular flexibility index (Phi) is 6.37. The van der Waals surface area contributed by atoms with Gasteiger partial charge in [0.2, 0.25) is 0 Å². The molecule has 4 nitrogen and oxygen atoms in total. The van der Waals surface area contributed by atoms with Gasteiger partial charge in [0.1, 0.15) is 5.60 Å². The van der Waals surface area contributed by atoms with Gasteiger partial charge in [0.15, 0.2) is 8.32 Å². The fourth-order valence-corrected chi connectivity index (χ4v) is 4.18. The van der Waals surface area contributed by atoms with E-state index in [0.717, 1.165) is 12.8 Å². The van der Waals surface area contributed by atoms with Crippen LogP contribution in [0.2, 0.25) is 18.1 Å². The molecule has 140 valence electrons. The number of ether oxygens (including phenoxy) is 1. The van der Waals surface area contributed by atoms with Gasteiger partial charge in [-0.2, -0.15) is 0 Å². The first-order valence-electron chi connectivity index (χ1n) is 9.01. The van der Waals surface area contributed by atoms with Gasteiger partial charge in [-0.3, -0.25) is 4.90 Å². The molecule has 1 fully saturated rings. The lowest BCUT2D eigenvalue weighted by Crippen LogP contribution is -2.58. The number of nitrogens with zero attached hydrogens (tertiary/aromatic N) is 1. The average molecular weight is 356 g/mol. The van der Waals surface area contributed by atoms with Gasteiger partial charge in [0.05, 0.1) is 18.2 Å². The SMILES string of the molecule is C=C[C@@H]1CC[C@H](O[Si](C)(C)C(C)(C)C)[C@H](C)N1C(=O)OC(C)(C)C. The smallest absolute Gasteiger partial charge is 0.411 e. The number of hydrogen-bond donors (Lipinski definition) is 0. The number of piperidine rings is 1. The maximum absolute atomic E-state index is 12.7. The van der Waals surface area contributed by atoms with Crippen LogP contribution in [0.3, 0.4) is 0 Å². The molecule has 0 aromatic rings. The standard InChI is InChI=1S/C19H37NO3Si/c1-11-15-12-13-16(23-24(9,10)19(6,7)8)14(2)20(15)17(21)22-18(3,4)5/h11,14-16H,1,12-13H2,2-10H3/t14-,15+,16-/m0/s1. The Morgan fingerprint density at radius 2 is 1.71 bits per heavy atom.